The summed E-state index contributed by atoms with van der Waals surface area (Å²) in [5, 5.41) is 1.04. The molecule has 0 aliphatic rings. The number of para-hydroxylation sites is 1. The van der Waals surface area contributed by atoms with Crippen LogP contribution in [-0.2, 0) is 0 Å². The molecule has 0 bridgehead atoms. The fourth-order valence-electron chi connectivity index (χ4n) is 2.51. The summed E-state index contributed by atoms with van der Waals surface area (Å²) in [5.41, 5.74) is 1.45. The van der Waals surface area contributed by atoms with Crippen LogP contribution in [-0.4, -0.2) is 25.0 Å². The molecule has 2 aromatic carbocycles. The first kappa shape index (κ1) is 15.2. The number of ether oxygens (including phenoxy) is 1. The van der Waals surface area contributed by atoms with E-state index in [1.54, 1.807) is 43.3 Å². The lowest BCUT2D eigenvalue weighted by Crippen LogP contribution is -2.29. The number of furan rings is 1. The summed E-state index contributed by atoms with van der Waals surface area (Å²) in [5.74, 6) is 1.45. The number of nitrogens with zero attached hydrogens (tertiary/aromatic N) is 1. The summed E-state index contributed by atoms with van der Waals surface area (Å²) in [6, 6.07) is 16.8. The first-order valence-electron chi connectivity index (χ1n) is 7.50. The van der Waals surface area contributed by atoms with E-state index in [0.717, 1.165) is 22.5 Å². The molecule has 118 valence electrons. The number of hydrogen-bond acceptors (Lipinski definition) is 3. The molecule has 0 aliphatic carbocycles. The fraction of sp³-hybridized carbons (Fsp3) is 0.211. The average molecular weight is 309 g/mol. The summed E-state index contributed by atoms with van der Waals surface area (Å²) < 4.78 is 11.0. The van der Waals surface area contributed by atoms with Gasteiger partial charge in [0, 0.05) is 18.0 Å². The van der Waals surface area contributed by atoms with E-state index in [2.05, 4.69) is 0 Å². The molecule has 4 heteroatoms. The molecule has 1 atom stereocenters. The molecule has 1 aromatic heterocycles. The van der Waals surface area contributed by atoms with Crippen molar-refractivity contribution >= 4 is 16.9 Å². The Bertz CT molecular complexity index is 787. The SMILES string of the molecule is COc1ccc(C(=O)N(C)C(C)c2cc3ccccc3o2)cc1. The van der Waals surface area contributed by atoms with Gasteiger partial charge >= 0.3 is 0 Å². The molecule has 0 spiro atoms. The number of methoxy groups -OCH3 is 1. The van der Waals surface area contributed by atoms with E-state index in [1.807, 2.05) is 37.3 Å². The van der Waals surface area contributed by atoms with Crippen LogP contribution in [0.4, 0.5) is 0 Å². The Morgan fingerprint density at radius 1 is 1.13 bits per heavy atom. The second-order valence-corrected chi connectivity index (χ2v) is 5.51. The van der Waals surface area contributed by atoms with Crippen LogP contribution in [0.5, 0.6) is 5.75 Å². The Hall–Kier alpha value is -2.75. The quantitative estimate of drug-likeness (QED) is 0.722. The topological polar surface area (TPSA) is 42.7 Å². The van der Waals surface area contributed by atoms with E-state index in [-0.39, 0.29) is 11.9 Å². The number of benzene rings is 2. The number of amides is 1. The highest BCUT2D eigenvalue weighted by Crippen LogP contribution is 2.27. The van der Waals surface area contributed by atoms with E-state index in [1.165, 1.54) is 0 Å². The Balaban J connectivity index is 1.82. The Morgan fingerprint density at radius 3 is 2.48 bits per heavy atom. The van der Waals surface area contributed by atoms with E-state index in [9.17, 15) is 4.79 Å². The number of carbonyl (C=O) groups is 1. The zero-order valence-corrected chi connectivity index (χ0v) is 13.4. The molecular weight excluding hydrogens is 290 g/mol. The molecule has 0 saturated heterocycles. The molecule has 3 aromatic rings. The monoisotopic (exact) mass is 309 g/mol. The Morgan fingerprint density at radius 2 is 1.83 bits per heavy atom. The van der Waals surface area contributed by atoms with Crippen LogP contribution in [0, 0.1) is 0 Å². The number of rotatable bonds is 4. The van der Waals surface area contributed by atoms with Crippen molar-refractivity contribution in [1.82, 2.24) is 4.90 Å². The number of fused-ring (bicyclic) bond motifs is 1. The normalized spacial score (nSPS) is 12.1. The lowest BCUT2D eigenvalue weighted by Gasteiger charge is -2.23. The van der Waals surface area contributed by atoms with Gasteiger partial charge in [0.1, 0.15) is 17.1 Å². The molecule has 3 rings (SSSR count). The Kier molecular flexibility index (Phi) is 4.06. The van der Waals surface area contributed by atoms with Crippen LogP contribution in [0.25, 0.3) is 11.0 Å². The second-order valence-electron chi connectivity index (χ2n) is 5.51. The van der Waals surface area contributed by atoms with Crippen molar-refractivity contribution in [2.24, 2.45) is 0 Å². The van der Waals surface area contributed by atoms with Crippen molar-refractivity contribution in [3.05, 3.63) is 65.9 Å². The maximum atomic E-state index is 12.6. The first-order valence-corrected chi connectivity index (χ1v) is 7.50. The van der Waals surface area contributed by atoms with Crippen molar-refractivity contribution in [3.63, 3.8) is 0 Å². The molecule has 1 unspecified atom stereocenters. The van der Waals surface area contributed by atoms with Gasteiger partial charge in [-0.2, -0.15) is 0 Å². The fourth-order valence-corrected chi connectivity index (χ4v) is 2.51. The van der Waals surface area contributed by atoms with Gasteiger partial charge in [-0.15, -0.1) is 0 Å². The number of carbonyl (C=O) groups excluding carboxylic acids is 1. The van der Waals surface area contributed by atoms with Crippen molar-refractivity contribution in [2.45, 2.75) is 13.0 Å². The smallest absolute Gasteiger partial charge is 0.254 e. The van der Waals surface area contributed by atoms with Gasteiger partial charge in [-0.05, 0) is 43.3 Å². The largest absolute Gasteiger partial charge is 0.497 e. The van der Waals surface area contributed by atoms with Gasteiger partial charge in [0.2, 0.25) is 0 Å². The van der Waals surface area contributed by atoms with E-state index >= 15 is 0 Å². The third-order valence-corrected chi connectivity index (χ3v) is 4.09. The Labute approximate surface area is 135 Å². The highest BCUT2D eigenvalue weighted by molar-refractivity contribution is 5.94. The third kappa shape index (κ3) is 2.93. The summed E-state index contributed by atoms with van der Waals surface area (Å²) in [7, 11) is 3.39. The van der Waals surface area contributed by atoms with Crippen molar-refractivity contribution in [3.8, 4) is 5.75 Å². The molecule has 4 nitrogen and oxygen atoms in total. The van der Waals surface area contributed by atoms with E-state index in [0.29, 0.717) is 5.56 Å². The molecule has 0 fully saturated rings. The zero-order valence-electron chi connectivity index (χ0n) is 13.4. The first-order chi connectivity index (χ1) is 11.1. The van der Waals surface area contributed by atoms with Crippen LogP contribution >= 0.6 is 0 Å². The molecular formula is C19H19NO3. The minimum Gasteiger partial charge on any atom is -0.497 e. The summed E-state index contributed by atoms with van der Waals surface area (Å²) in [4.78, 5) is 14.3. The molecule has 0 aliphatic heterocycles. The molecule has 1 amide bonds. The van der Waals surface area contributed by atoms with Crippen LogP contribution in [0.3, 0.4) is 0 Å². The lowest BCUT2D eigenvalue weighted by atomic mass is 10.1. The summed E-state index contributed by atoms with van der Waals surface area (Å²) in [6.07, 6.45) is 0. The summed E-state index contributed by atoms with van der Waals surface area (Å²) in [6.45, 7) is 1.96. The van der Waals surface area contributed by atoms with Gasteiger partial charge in [0.25, 0.3) is 5.91 Å². The van der Waals surface area contributed by atoms with E-state index in [4.69, 9.17) is 9.15 Å². The molecule has 0 radical (unpaired) electrons. The minimum absolute atomic E-state index is 0.0550. The van der Waals surface area contributed by atoms with Gasteiger partial charge in [-0.3, -0.25) is 4.79 Å². The average Bonchev–Trinajstić information content (AvgIpc) is 3.04. The summed E-state index contributed by atoms with van der Waals surface area (Å²) >= 11 is 0. The number of hydrogen-bond donors (Lipinski definition) is 0. The van der Waals surface area contributed by atoms with Crippen molar-refractivity contribution in [1.29, 1.82) is 0 Å². The third-order valence-electron chi connectivity index (χ3n) is 4.09. The van der Waals surface area contributed by atoms with Gasteiger partial charge in [0.05, 0.1) is 13.2 Å². The highest BCUT2D eigenvalue weighted by Gasteiger charge is 2.21. The van der Waals surface area contributed by atoms with Crippen LogP contribution < -0.4 is 4.74 Å². The van der Waals surface area contributed by atoms with Crippen LogP contribution in [0.15, 0.2) is 59.0 Å². The molecule has 23 heavy (non-hydrogen) atoms. The van der Waals surface area contributed by atoms with E-state index < -0.39 is 0 Å². The van der Waals surface area contributed by atoms with Gasteiger partial charge in [-0.1, -0.05) is 18.2 Å². The predicted octanol–water partition coefficient (Wildman–Crippen LogP) is 4.27. The minimum atomic E-state index is -0.156. The highest BCUT2D eigenvalue weighted by atomic mass is 16.5. The predicted molar refractivity (Wildman–Crippen MR) is 89.7 cm³/mol. The molecule has 0 saturated carbocycles. The zero-order chi connectivity index (χ0) is 16.4. The van der Waals surface area contributed by atoms with Gasteiger partial charge < -0.3 is 14.1 Å². The molecule has 1 heterocycles. The lowest BCUT2D eigenvalue weighted by molar-refractivity contribution is 0.0727. The maximum Gasteiger partial charge on any atom is 0.254 e. The van der Waals surface area contributed by atoms with Crippen molar-refractivity contribution in [2.75, 3.05) is 14.2 Å². The van der Waals surface area contributed by atoms with Crippen LogP contribution in [0.2, 0.25) is 0 Å². The van der Waals surface area contributed by atoms with Crippen molar-refractivity contribution < 1.29 is 13.9 Å². The maximum absolute atomic E-state index is 12.6. The van der Waals surface area contributed by atoms with Gasteiger partial charge in [-0.25, -0.2) is 0 Å². The standard InChI is InChI=1S/C19H19NO3/c1-13(18-12-15-6-4-5-7-17(15)23-18)20(2)19(21)14-8-10-16(22-3)11-9-14/h4-13H,1-3H3. The second kappa shape index (κ2) is 6.16. The van der Waals surface area contributed by atoms with Gasteiger partial charge in [0.15, 0.2) is 0 Å². The van der Waals surface area contributed by atoms with Crippen LogP contribution in [0.1, 0.15) is 29.1 Å². The molecule has 0 N–H and O–H groups in total.